The highest BCUT2D eigenvalue weighted by Crippen LogP contribution is 2.11. The fourth-order valence-corrected chi connectivity index (χ4v) is 2.13. The van der Waals surface area contributed by atoms with Crippen LogP contribution in [-0.4, -0.2) is 4.57 Å². The second-order valence-electron chi connectivity index (χ2n) is 3.92. The van der Waals surface area contributed by atoms with Crippen molar-refractivity contribution < 1.29 is 0 Å². The maximum Gasteiger partial charge on any atom is 0.110 e. The second-order valence-corrected chi connectivity index (χ2v) is 3.92. The predicted octanol–water partition coefficient (Wildman–Crippen LogP) is 1.68. The zero-order valence-corrected chi connectivity index (χ0v) is 9.62. The molecule has 0 aliphatic heterocycles. The Kier molecular flexibility index (Phi) is 2.54. The molecule has 0 unspecified atom stereocenters. The van der Waals surface area contributed by atoms with Gasteiger partial charge in [-0.3, -0.25) is 0 Å². The monoisotopic (exact) mass is 210 g/mol. The van der Waals surface area contributed by atoms with Gasteiger partial charge >= 0.3 is 0 Å². The number of aryl methyl sites for hydroxylation is 1. The Morgan fingerprint density at radius 3 is 2.88 bits per heavy atom. The molecule has 1 aromatic carbocycles. The highest BCUT2D eigenvalue weighted by molar-refractivity contribution is 5.82. The van der Waals surface area contributed by atoms with Crippen molar-refractivity contribution in [2.75, 3.05) is 0 Å². The SMILES string of the molecule is C=c1/c(=C\C)n(CC#N)c2ccc(C)cc12. The standard InChI is InChI=1S/C14H14N2/c1-4-13-11(3)12-9-10(2)5-6-14(12)16(13)8-7-15/h4-6,9H,3,8H2,1-2H3/b13-4+. The topological polar surface area (TPSA) is 28.7 Å². The van der Waals surface area contributed by atoms with Crippen molar-refractivity contribution in [3.05, 3.63) is 34.3 Å². The zero-order valence-electron chi connectivity index (χ0n) is 9.62. The second kappa shape index (κ2) is 3.86. The highest BCUT2D eigenvalue weighted by Gasteiger charge is 2.05. The molecule has 2 nitrogen and oxygen atoms in total. The summed E-state index contributed by atoms with van der Waals surface area (Å²) >= 11 is 0. The van der Waals surface area contributed by atoms with Crippen LogP contribution in [0.3, 0.4) is 0 Å². The summed E-state index contributed by atoms with van der Waals surface area (Å²) in [6, 6.07) is 8.44. The molecule has 2 rings (SSSR count). The summed E-state index contributed by atoms with van der Waals surface area (Å²) in [5.41, 5.74) is 2.31. The van der Waals surface area contributed by atoms with E-state index in [-0.39, 0.29) is 0 Å². The van der Waals surface area contributed by atoms with Gasteiger partial charge in [0.15, 0.2) is 0 Å². The van der Waals surface area contributed by atoms with Crippen LogP contribution in [0, 0.1) is 18.3 Å². The third-order valence-corrected chi connectivity index (χ3v) is 2.87. The summed E-state index contributed by atoms with van der Waals surface area (Å²) in [4.78, 5) is 0. The Balaban J connectivity index is 2.99. The molecule has 0 aliphatic carbocycles. The number of nitriles is 1. The number of hydrogen-bond donors (Lipinski definition) is 0. The van der Waals surface area contributed by atoms with Crippen molar-refractivity contribution in [3.8, 4) is 6.07 Å². The van der Waals surface area contributed by atoms with E-state index in [0.717, 1.165) is 21.5 Å². The molecule has 0 aliphatic rings. The Labute approximate surface area is 94.7 Å². The average Bonchev–Trinajstić information content (AvgIpc) is 2.53. The van der Waals surface area contributed by atoms with Gasteiger partial charge in [0.1, 0.15) is 6.54 Å². The molecule has 2 heteroatoms. The molecule has 0 fully saturated rings. The minimum atomic E-state index is 0.370. The largest absolute Gasteiger partial charge is 0.327 e. The summed E-state index contributed by atoms with van der Waals surface area (Å²) in [5.74, 6) is 0. The van der Waals surface area contributed by atoms with E-state index in [1.807, 2.05) is 17.6 Å². The number of hydrogen-bond acceptors (Lipinski definition) is 1. The fraction of sp³-hybridized carbons (Fsp3) is 0.214. The molecule has 0 saturated heterocycles. The summed E-state index contributed by atoms with van der Waals surface area (Å²) in [7, 11) is 0. The molecule has 16 heavy (non-hydrogen) atoms. The molecule has 0 N–H and O–H groups in total. The van der Waals surface area contributed by atoms with E-state index >= 15 is 0 Å². The molecular formula is C14H14N2. The number of benzene rings is 1. The molecule has 0 saturated carbocycles. The Hall–Kier alpha value is -2.01. The lowest BCUT2D eigenvalue weighted by Gasteiger charge is -2.00. The van der Waals surface area contributed by atoms with Gasteiger partial charge in [-0.25, -0.2) is 0 Å². The minimum absolute atomic E-state index is 0.370. The van der Waals surface area contributed by atoms with Crippen molar-refractivity contribution in [2.45, 2.75) is 20.4 Å². The van der Waals surface area contributed by atoms with E-state index in [9.17, 15) is 0 Å². The minimum Gasteiger partial charge on any atom is -0.327 e. The van der Waals surface area contributed by atoms with Crippen LogP contribution in [0.2, 0.25) is 0 Å². The van der Waals surface area contributed by atoms with Crippen LogP contribution in [0.25, 0.3) is 23.6 Å². The van der Waals surface area contributed by atoms with Gasteiger partial charge in [0, 0.05) is 10.7 Å². The molecule has 2 aromatic rings. The van der Waals surface area contributed by atoms with Gasteiger partial charge in [-0.2, -0.15) is 5.26 Å². The molecule has 1 aromatic heterocycles. The lowest BCUT2D eigenvalue weighted by Crippen LogP contribution is -2.27. The van der Waals surface area contributed by atoms with Gasteiger partial charge in [-0.15, -0.1) is 0 Å². The normalized spacial score (nSPS) is 11.9. The first-order chi connectivity index (χ1) is 7.69. The van der Waals surface area contributed by atoms with Crippen LogP contribution in [-0.2, 0) is 6.54 Å². The van der Waals surface area contributed by atoms with E-state index < -0.39 is 0 Å². The molecular weight excluding hydrogens is 196 g/mol. The van der Waals surface area contributed by atoms with E-state index in [4.69, 9.17) is 5.26 Å². The van der Waals surface area contributed by atoms with Gasteiger partial charge in [-0.05, 0) is 31.2 Å². The van der Waals surface area contributed by atoms with E-state index in [1.54, 1.807) is 0 Å². The molecule has 0 atom stereocenters. The van der Waals surface area contributed by atoms with Crippen molar-refractivity contribution in [2.24, 2.45) is 0 Å². The number of aromatic nitrogens is 1. The lowest BCUT2D eigenvalue weighted by atomic mass is 10.1. The van der Waals surface area contributed by atoms with Crippen LogP contribution >= 0.6 is 0 Å². The van der Waals surface area contributed by atoms with Gasteiger partial charge in [0.05, 0.1) is 11.6 Å². The quantitative estimate of drug-likeness (QED) is 0.704. The molecule has 0 spiro atoms. The average molecular weight is 210 g/mol. The van der Waals surface area contributed by atoms with Gasteiger partial charge in [0.25, 0.3) is 0 Å². The van der Waals surface area contributed by atoms with Crippen LogP contribution in [0.5, 0.6) is 0 Å². The first-order valence-corrected chi connectivity index (χ1v) is 5.30. The maximum atomic E-state index is 8.86. The lowest BCUT2D eigenvalue weighted by molar-refractivity contribution is 0.840. The molecule has 0 bridgehead atoms. The van der Waals surface area contributed by atoms with Crippen molar-refractivity contribution in [1.29, 1.82) is 5.26 Å². The van der Waals surface area contributed by atoms with E-state index in [2.05, 4.69) is 37.8 Å². The predicted molar refractivity (Wildman–Crippen MR) is 67.2 cm³/mol. The van der Waals surface area contributed by atoms with Crippen LogP contribution < -0.4 is 10.6 Å². The van der Waals surface area contributed by atoms with E-state index in [1.165, 1.54) is 5.56 Å². The smallest absolute Gasteiger partial charge is 0.110 e. The third-order valence-electron chi connectivity index (χ3n) is 2.87. The summed E-state index contributed by atoms with van der Waals surface area (Å²) in [6.07, 6.45) is 2.01. The first kappa shape index (κ1) is 10.5. The van der Waals surface area contributed by atoms with E-state index in [0.29, 0.717) is 6.54 Å². The summed E-state index contributed by atoms with van der Waals surface area (Å²) in [5, 5.41) is 12.1. The van der Waals surface area contributed by atoms with Gasteiger partial charge in [0.2, 0.25) is 0 Å². The van der Waals surface area contributed by atoms with Crippen molar-refractivity contribution in [3.63, 3.8) is 0 Å². The Bertz CT molecular complexity index is 684. The zero-order chi connectivity index (χ0) is 11.7. The Morgan fingerprint density at radius 2 is 2.25 bits per heavy atom. The molecule has 80 valence electrons. The number of rotatable bonds is 1. The highest BCUT2D eigenvalue weighted by atomic mass is 15.0. The van der Waals surface area contributed by atoms with Gasteiger partial charge < -0.3 is 4.57 Å². The maximum absolute atomic E-state index is 8.86. The van der Waals surface area contributed by atoms with Crippen molar-refractivity contribution >= 4 is 23.6 Å². The van der Waals surface area contributed by atoms with Crippen molar-refractivity contribution in [1.82, 2.24) is 4.57 Å². The third kappa shape index (κ3) is 1.42. The van der Waals surface area contributed by atoms with Gasteiger partial charge in [-0.1, -0.05) is 24.3 Å². The number of nitrogens with zero attached hydrogens (tertiary/aromatic N) is 2. The fourth-order valence-electron chi connectivity index (χ4n) is 2.13. The molecule has 0 radical (unpaired) electrons. The van der Waals surface area contributed by atoms with Crippen LogP contribution in [0.4, 0.5) is 0 Å². The van der Waals surface area contributed by atoms with Crippen LogP contribution in [0.15, 0.2) is 18.2 Å². The Morgan fingerprint density at radius 1 is 1.50 bits per heavy atom. The summed E-state index contributed by atoms with van der Waals surface area (Å²) in [6.45, 7) is 8.51. The van der Waals surface area contributed by atoms with Crippen LogP contribution in [0.1, 0.15) is 12.5 Å². The molecule has 1 heterocycles. The summed E-state index contributed by atoms with van der Waals surface area (Å²) < 4.78 is 2.01. The first-order valence-electron chi connectivity index (χ1n) is 5.30. The molecule has 0 amide bonds. The number of fused-ring (bicyclic) bond motifs is 1.